The summed E-state index contributed by atoms with van der Waals surface area (Å²) in [5.74, 6) is -0.258. The quantitative estimate of drug-likeness (QED) is 0.396. The Labute approximate surface area is 206 Å². The Bertz CT molecular complexity index is 1230. The molecule has 2 aromatic heterocycles. The van der Waals surface area contributed by atoms with Crippen LogP contribution in [0.1, 0.15) is 32.4 Å². The first-order chi connectivity index (χ1) is 16.5. The van der Waals surface area contributed by atoms with Crippen LogP contribution >= 0.6 is 11.3 Å². The number of aromatic nitrogens is 2. The Hall–Kier alpha value is -2.99. The second-order valence-corrected chi connectivity index (χ2v) is 10.9. The van der Waals surface area contributed by atoms with Gasteiger partial charge in [0.2, 0.25) is 5.91 Å². The number of alkyl halides is 3. The van der Waals surface area contributed by atoms with Crippen LogP contribution in [-0.2, 0) is 21.2 Å². The van der Waals surface area contributed by atoms with Crippen LogP contribution in [-0.4, -0.2) is 38.1 Å². The van der Waals surface area contributed by atoms with E-state index in [1.54, 1.807) is 43.5 Å². The molecule has 1 fully saturated rings. The molecular formula is C23H23F3N4O3S2. The maximum atomic E-state index is 13.0. The van der Waals surface area contributed by atoms with Gasteiger partial charge in [-0.3, -0.25) is 14.5 Å². The standard InChI is InChI=1S/C23H23F3N4O3S2/c1-22(2,19-12-34-21(29-19)30-35(32)18-7-8-18)20(31)28-16-5-3-14(4-6-16)15-9-17(11-27-10-15)33-13-23(24,25)26/h3-6,9-12,18H,7-8,13H2,1-2H3,(H,28,31)(H,29,30). The zero-order valence-corrected chi connectivity index (χ0v) is 20.5. The fourth-order valence-corrected chi connectivity index (χ4v) is 5.14. The van der Waals surface area contributed by atoms with Crippen molar-refractivity contribution in [1.82, 2.24) is 9.97 Å². The molecule has 1 aromatic carbocycles. The molecule has 1 aliphatic carbocycles. The van der Waals surface area contributed by atoms with E-state index in [2.05, 4.69) is 20.0 Å². The van der Waals surface area contributed by atoms with Gasteiger partial charge in [0.15, 0.2) is 11.7 Å². The molecular weight excluding hydrogens is 501 g/mol. The largest absolute Gasteiger partial charge is 0.482 e. The van der Waals surface area contributed by atoms with Gasteiger partial charge < -0.3 is 10.1 Å². The zero-order valence-electron chi connectivity index (χ0n) is 18.9. The van der Waals surface area contributed by atoms with E-state index in [-0.39, 0.29) is 16.9 Å². The predicted molar refractivity (Wildman–Crippen MR) is 130 cm³/mol. The molecule has 2 heterocycles. The summed E-state index contributed by atoms with van der Waals surface area (Å²) in [6, 6.07) is 8.31. The minimum atomic E-state index is -4.43. The topological polar surface area (TPSA) is 93.2 Å². The van der Waals surface area contributed by atoms with E-state index in [1.165, 1.54) is 29.8 Å². The second kappa shape index (κ2) is 9.94. The third-order valence-electron chi connectivity index (χ3n) is 5.32. The molecule has 0 spiro atoms. The van der Waals surface area contributed by atoms with Gasteiger partial charge in [-0.1, -0.05) is 12.1 Å². The molecule has 186 valence electrons. The summed E-state index contributed by atoms with van der Waals surface area (Å²) < 4.78 is 56.9. The summed E-state index contributed by atoms with van der Waals surface area (Å²) in [5, 5.41) is 5.33. The van der Waals surface area contributed by atoms with Crippen LogP contribution in [0.3, 0.4) is 0 Å². The lowest BCUT2D eigenvalue weighted by atomic mass is 9.89. The average molecular weight is 525 g/mol. The van der Waals surface area contributed by atoms with E-state index in [9.17, 15) is 22.2 Å². The molecule has 0 saturated heterocycles. The van der Waals surface area contributed by atoms with Gasteiger partial charge in [-0.05, 0) is 50.5 Å². The van der Waals surface area contributed by atoms with Crippen molar-refractivity contribution in [3.8, 4) is 16.9 Å². The average Bonchev–Trinajstić information content (AvgIpc) is 3.56. The number of carbonyl (C=O) groups excluding carboxylic acids is 1. The van der Waals surface area contributed by atoms with E-state index >= 15 is 0 Å². The van der Waals surface area contributed by atoms with Crippen molar-refractivity contribution < 1.29 is 26.9 Å². The highest BCUT2D eigenvalue weighted by Crippen LogP contribution is 2.32. The minimum absolute atomic E-state index is 0.0111. The summed E-state index contributed by atoms with van der Waals surface area (Å²) in [6.07, 6.45) is 0.183. The molecule has 0 bridgehead atoms. The van der Waals surface area contributed by atoms with Crippen LogP contribution in [0.5, 0.6) is 5.75 Å². The summed E-state index contributed by atoms with van der Waals surface area (Å²) in [4.78, 5) is 21.4. The monoisotopic (exact) mass is 524 g/mol. The first kappa shape index (κ1) is 25.1. The highest BCUT2D eigenvalue weighted by atomic mass is 32.2. The number of anilines is 2. The lowest BCUT2D eigenvalue weighted by molar-refractivity contribution is -0.153. The number of halogens is 3. The normalized spacial score (nSPS) is 14.9. The molecule has 1 saturated carbocycles. The molecule has 35 heavy (non-hydrogen) atoms. The van der Waals surface area contributed by atoms with Crippen molar-refractivity contribution in [2.45, 2.75) is 43.5 Å². The Morgan fingerprint density at radius 1 is 1.17 bits per heavy atom. The van der Waals surface area contributed by atoms with E-state index < -0.39 is 29.2 Å². The fourth-order valence-electron chi connectivity index (χ4n) is 3.03. The SMILES string of the molecule is CC(C)(C(=O)Nc1ccc(-c2cncc(OCC(F)(F)F)c2)cc1)c1csc(NS(=O)C2CC2)n1. The third kappa shape index (κ3) is 6.57. The molecule has 4 rings (SSSR count). The highest BCUT2D eigenvalue weighted by molar-refractivity contribution is 7.87. The third-order valence-corrected chi connectivity index (χ3v) is 7.68. The van der Waals surface area contributed by atoms with Gasteiger partial charge in [0.1, 0.15) is 16.7 Å². The number of hydrogen-bond acceptors (Lipinski definition) is 6. The number of nitrogens with zero attached hydrogens (tertiary/aromatic N) is 2. The Kier molecular flexibility index (Phi) is 7.13. The molecule has 7 nitrogen and oxygen atoms in total. The smallest absolute Gasteiger partial charge is 0.422 e. The summed E-state index contributed by atoms with van der Waals surface area (Å²) in [7, 11) is -1.16. The molecule has 3 aromatic rings. The van der Waals surface area contributed by atoms with Gasteiger partial charge in [-0.15, -0.1) is 11.3 Å². The zero-order chi connectivity index (χ0) is 25.2. The van der Waals surface area contributed by atoms with Gasteiger partial charge in [0.05, 0.1) is 22.6 Å². The van der Waals surface area contributed by atoms with Crippen molar-refractivity contribution in [1.29, 1.82) is 0 Å². The lowest BCUT2D eigenvalue weighted by Gasteiger charge is -2.21. The van der Waals surface area contributed by atoms with Gasteiger partial charge in [-0.25, -0.2) is 9.19 Å². The van der Waals surface area contributed by atoms with E-state index in [1.807, 2.05) is 0 Å². The highest BCUT2D eigenvalue weighted by Gasteiger charge is 2.34. The number of thiazole rings is 1. The number of hydrogen-bond donors (Lipinski definition) is 2. The van der Waals surface area contributed by atoms with Crippen molar-refractivity contribution in [3.05, 3.63) is 53.8 Å². The predicted octanol–water partition coefficient (Wildman–Crippen LogP) is 5.30. The number of benzene rings is 1. The molecule has 1 atom stereocenters. The number of amides is 1. The first-order valence-electron chi connectivity index (χ1n) is 10.7. The van der Waals surface area contributed by atoms with E-state index in [4.69, 9.17) is 4.74 Å². The van der Waals surface area contributed by atoms with Gasteiger partial charge in [-0.2, -0.15) is 13.2 Å². The van der Waals surface area contributed by atoms with Crippen LogP contribution in [0, 0.1) is 0 Å². The number of ether oxygens (including phenoxy) is 1. The van der Waals surface area contributed by atoms with Gasteiger partial charge in [0.25, 0.3) is 0 Å². The van der Waals surface area contributed by atoms with Gasteiger partial charge in [0, 0.05) is 22.8 Å². The number of pyridine rings is 1. The molecule has 12 heteroatoms. The van der Waals surface area contributed by atoms with Crippen LogP contribution < -0.4 is 14.8 Å². The maximum absolute atomic E-state index is 13.0. The van der Waals surface area contributed by atoms with Crippen molar-refractivity contribution in [2.24, 2.45) is 0 Å². The van der Waals surface area contributed by atoms with Crippen molar-refractivity contribution in [3.63, 3.8) is 0 Å². The van der Waals surface area contributed by atoms with Crippen LogP contribution in [0.2, 0.25) is 0 Å². The Morgan fingerprint density at radius 2 is 1.89 bits per heavy atom. The lowest BCUT2D eigenvalue weighted by Crippen LogP contribution is -2.35. The first-order valence-corrected chi connectivity index (χ1v) is 12.8. The van der Waals surface area contributed by atoms with Crippen LogP contribution in [0.4, 0.5) is 24.0 Å². The molecule has 0 aliphatic heterocycles. The maximum Gasteiger partial charge on any atom is 0.422 e. The molecule has 1 aliphatic rings. The van der Waals surface area contributed by atoms with Gasteiger partial charge >= 0.3 is 6.18 Å². The van der Waals surface area contributed by atoms with Crippen LogP contribution in [0.15, 0.2) is 48.1 Å². The summed E-state index contributed by atoms with van der Waals surface area (Å²) >= 11 is 1.31. The van der Waals surface area contributed by atoms with E-state index in [0.29, 0.717) is 27.6 Å². The fraction of sp³-hybridized carbons (Fsp3) is 0.348. The Morgan fingerprint density at radius 3 is 2.54 bits per heavy atom. The van der Waals surface area contributed by atoms with Crippen molar-refractivity contribution >= 4 is 39.0 Å². The van der Waals surface area contributed by atoms with Crippen molar-refractivity contribution in [2.75, 3.05) is 16.6 Å². The molecule has 1 unspecified atom stereocenters. The second-order valence-electron chi connectivity index (χ2n) is 8.61. The number of carbonyl (C=O) groups is 1. The summed E-state index contributed by atoms with van der Waals surface area (Å²) in [5.41, 5.74) is 1.45. The van der Waals surface area contributed by atoms with Crippen LogP contribution in [0.25, 0.3) is 11.1 Å². The number of nitrogens with one attached hydrogen (secondary N) is 2. The minimum Gasteiger partial charge on any atom is -0.482 e. The Balaban J connectivity index is 1.39. The number of rotatable bonds is 9. The molecule has 2 N–H and O–H groups in total. The van der Waals surface area contributed by atoms with E-state index in [0.717, 1.165) is 12.8 Å². The molecule has 1 amide bonds. The summed E-state index contributed by atoms with van der Waals surface area (Å²) in [6.45, 7) is 2.12. The molecule has 0 radical (unpaired) electrons.